The molecule has 1 aliphatic rings. The van der Waals surface area contributed by atoms with E-state index in [4.69, 9.17) is 4.74 Å². The van der Waals surface area contributed by atoms with Crippen molar-refractivity contribution in [2.75, 3.05) is 60.0 Å². The zero-order valence-corrected chi connectivity index (χ0v) is 11.7. The summed E-state index contributed by atoms with van der Waals surface area (Å²) < 4.78 is 5.25. The molecule has 0 aliphatic carbocycles. The van der Waals surface area contributed by atoms with E-state index in [-0.39, 0.29) is 12.5 Å². The van der Waals surface area contributed by atoms with Gasteiger partial charge in [-0.1, -0.05) is 13.8 Å². The molecule has 0 bridgehead atoms. The summed E-state index contributed by atoms with van der Waals surface area (Å²) in [6.45, 7) is 10.2. The number of likely N-dealkylation sites (N-methyl/N-ethyl adjacent to an activating group) is 2. The fourth-order valence-corrected chi connectivity index (χ4v) is 1.50. The molecule has 5 nitrogen and oxygen atoms in total. The van der Waals surface area contributed by atoms with E-state index in [1.807, 2.05) is 13.8 Å². The van der Waals surface area contributed by atoms with Crippen molar-refractivity contribution in [3.63, 3.8) is 0 Å². The van der Waals surface area contributed by atoms with E-state index in [0.29, 0.717) is 6.61 Å². The fourth-order valence-electron chi connectivity index (χ4n) is 1.50. The largest absolute Gasteiger partial charge is 0.370 e. The topological polar surface area (TPSA) is 44.8 Å². The van der Waals surface area contributed by atoms with Crippen molar-refractivity contribution in [2.24, 2.45) is 0 Å². The van der Waals surface area contributed by atoms with Crippen molar-refractivity contribution in [3.8, 4) is 0 Å². The highest BCUT2D eigenvalue weighted by Gasteiger charge is 2.12. The summed E-state index contributed by atoms with van der Waals surface area (Å²) >= 11 is 0. The highest BCUT2D eigenvalue weighted by molar-refractivity contribution is 5.76. The number of hydrogen-bond acceptors (Lipinski definition) is 4. The summed E-state index contributed by atoms with van der Waals surface area (Å²) in [7, 11) is 3.76. The minimum Gasteiger partial charge on any atom is -0.370 e. The van der Waals surface area contributed by atoms with Gasteiger partial charge in [0, 0.05) is 39.8 Å². The van der Waals surface area contributed by atoms with Gasteiger partial charge in [0.2, 0.25) is 5.91 Å². The molecule has 1 saturated heterocycles. The number of carbonyl (C=O) groups is 1. The van der Waals surface area contributed by atoms with Gasteiger partial charge in [0.15, 0.2) is 0 Å². The number of ether oxygens (including phenoxy) is 1. The summed E-state index contributed by atoms with van der Waals surface area (Å²) in [5.74, 6) is -0.0617. The van der Waals surface area contributed by atoms with Crippen LogP contribution in [0.5, 0.6) is 0 Å². The number of nitrogens with one attached hydrogen (secondary N) is 1. The molecule has 0 aromatic rings. The first-order valence-corrected chi connectivity index (χ1v) is 6.41. The highest BCUT2D eigenvalue weighted by Crippen LogP contribution is 1.98. The Kier molecular flexibility index (Phi) is 10.1. The minimum absolute atomic E-state index is 0.0617. The number of amides is 1. The van der Waals surface area contributed by atoms with Crippen LogP contribution in [-0.2, 0) is 9.53 Å². The standard InChI is InChI=1S/C10H21N3O2.C2H6/c1-11-10(14)9-15-8-7-13-5-3-12(2)4-6-13;1-2/h3-9H2,1-2H3,(H,11,14);1-2H3. The number of piperazine rings is 1. The van der Waals surface area contributed by atoms with Gasteiger partial charge in [-0.25, -0.2) is 0 Å². The number of nitrogens with zero attached hydrogens (tertiary/aromatic N) is 2. The molecule has 1 heterocycles. The van der Waals surface area contributed by atoms with E-state index in [1.54, 1.807) is 7.05 Å². The van der Waals surface area contributed by atoms with Crippen LogP contribution >= 0.6 is 0 Å². The lowest BCUT2D eigenvalue weighted by atomic mass is 10.3. The van der Waals surface area contributed by atoms with Gasteiger partial charge in [-0.15, -0.1) is 0 Å². The molecule has 0 spiro atoms. The zero-order chi connectivity index (χ0) is 13.1. The predicted molar refractivity (Wildman–Crippen MR) is 70.2 cm³/mol. The van der Waals surface area contributed by atoms with Crippen LogP contribution in [0.2, 0.25) is 0 Å². The Hall–Kier alpha value is -0.650. The van der Waals surface area contributed by atoms with Gasteiger partial charge in [0.1, 0.15) is 6.61 Å². The first-order chi connectivity index (χ1) is 8.22. The van der Waals surface area contributed by atoms with Crippen LogP contribution in [0.4, 0.5) is 0 Å². The Bertz CT molecular complexity index is 192. The molecule has 17 heavy (non-hydrogen) atoms. The van der Waals surface area contributed by atoms with E-state index in [1.165, 1.54) is 0 Å². The van der Waals surface area contributed by atoms with Crippen LogP contribution in [0.25, 0.3) is 0 Å². The molecule has 1 rings (SSSR count). The molecule has 102 valence electrons. The molecule has 0 unspecified atom stereocenters. The monoisotopic (exact) mass is 245 g/mol. The second kappa shape index (κ2) is 10.5. The lowest BCUT2D eigenvalue weighted by Crippen LogP contribution is -2.45. The van der Waals surface area contributed by atoms with Gasteiger partial charge in [-0.05, 0) is 7.05 Å². The van der Waals surface area contributed by atoms with Crippen molar-refractivity contribution >= 4 is 5.91 Å². The fraction of sp³-hybridized carbons (Fsp3) is 0.917. The van der Waals surface area contributed by atoms with E-state index < -0.39 is 0 Å². The van der Waals surface area contributed by atoms with Gasteiger partial charge < -0.3 is 15.0 Å². The molecule has 0 radical (unpaired) electrons. The molecular weight excluding hydrogens is 218 g/mol. The molecule has 1 N–H and O–H groups in total. The van der Waals surface area contributed by atoms with Crippen molar-refractivity contribution in [1.82, 2.24) is 15.1 Å². The van der Waals surface area contributed by atoms with E-state index in [0.717, 1.165) is 32.7 Å². The lowest BCUT2D eigenvalue weighted by Gasteiger charge is -2.32. The lowest BCUT2D eigenvalue weighted by molar-refractivity contribution is -0.125. The molecular formula is C12H27N3O2. The Morgan fingerprint density at radius 1 is 1.24 bits per heavy atom. The third-order valence-corrected chi connectivity index (χ3v) is 2.66. The van der Waals surface area contributed by atoms with Crippen molar-refractivity contribution in [3.05, 3.63) is 0 Å². The molecule has 0 atom stereocenters. The van der Waals surface area contributed by atoms with Crippen LogP contribution in [0.3, 0.4) is 0 Å². The van der Waals surface area contributed by atoms with Gasteiger partial charge in [-0.2, -0.15) is 0 Å². The molecule has 1 aliphatic heterocycles. The predicted octanol–water partition coefficient (Wildman–Crippen LogP) is 0.0226. The van der Waals surface area contributed by atoms with Crippen molar-refractivity contribution in [1.29, 1.82) is 0 Å². The Morgan fingerprint density at radius 2 is 1.82 bits per heavy atom. The quantitative estimate of drug-likeness (QED) is 0.694. The maximum absolute atomic E-state index is 10.8. The third kappa shape index (κ3) is 8.12. The molecule has 5 heteroatoms. The van der Waals surface area contributed by atoms with E-state index in [2.05, 4.69) is 22.2 Å². The maximum atomic E-state index is 10.8. The first kappa shape index (κ1) is 16.4. The number of rotatable bonds is 5. The summed E-state index contributed by atoms with van der Waals surface area (Å²) in [5.41, 5.74) is 0. The van der Waals surface area contributed by atoms with E-state index >= 15 is 0 Å². The van der Waals surface area contributed by atoms with Gasteiger partial charge in [-0.3, -0.25) is 9.69 Å². The summed E-state index contributed by atoms with van der Waals surface area (Å²) in [4.78, 5) is 15.5. The van der Waals surface area contributed by atoms with Gasteiger partial charge in [0.05, 0.1) is 6.61 Å². The Morgan fingerprint density at radius 3 is 2.35 bits per heavy atom. The van der Waals surface area contributed by atoms with Crippen LogP contribution < -0.4 is 5.32 Å². The molecule has 0 aromatic heterocycles. The zero-order valence-electron chi connectivity index (χ0n) is 11.7. The summed E-state index contributed by atoms with van der Waals surface area (Å²) in [6.07, 6.45) is 0. The highest BCUT2D eigenvalue weighted by atomic mass is 16.5. The first-order valence-electron chi connectivity index (χ1n) is 6.41. The molecule has 0 saturated carbocycles. The van der Waals surface area contributed by atoms with Crippen LogP contribution in [0, 0.1) is 0 Å². The SMILES string of the molecule is CC.CNC(=O)COCCN1CCN(C)CC1. The normalized spacial score (nSPS) is 17.2. The third-order valence-electron chi connectivity index (χ3n) is 2.66. The Balaban J connectivity index is 0.00000121. The maximum Gasteiger partial charge on any atom is 0.245 e. The number of carbonyl (C=O) groups excluding carboxylic acids is 1. The summed E-state index contributed by atoms with van der Waals surface area (Å²) in [5, 5.41) is 2.52. The average Bonchev–Trinajstić information content (AvgIpc) is 2.39. The second-order valence-electron chi connectivity index (χ2n) is 3.87. The summed E-state index contributed by atoms with van der Waals surface area (Å²) in [6, 6.07) is 0. The van der Waals surface area contributed by atoms with Crippen LogP contribution in [-0.4, -0.2) is 75.7 Å². The minimum atomic E-state index is -0.0617. The van der Waals surface area contributed by atoms with Crippen LogP contribution in [0.15, 0.2) is 0 Å². The second-order valence-corrected chi connectivity index (χ2v) is 3.87. The number of hydrogen-bond donors (Lipinski definition) is 1. The van der Waals surface area contributed by atoms with E-state index in [9.17, 15) is 4.79 Å². The van der Waals surface area contributed by atoms with Gasteiger partial charge in [0.25, 0.3) is 0 Å². The van der Waals surface area contributed by atoms with Gasteiger partial charge >= 0.3 is 0 Å². The average molecular weight is 245 g/mol. The smallest absolute Gasteiger partial charge is 0.245 e. The molecule has 1 amide bonds. The Labute approximate surface area is 105 Å². The van der Waals surface area contributed by atoms with Crippen molar-refractivity contribution in [2.45, 2.75) is 13.8 Å². The molecule has 1 fully saturated rings. The van der Waals surface area contributed by atoms with Crippen LogP contribution in [0.1, 0.15) is 13.8 Å². The molecule has 0 aromatic carbocycles. The van der Waals surface area contributed by atoms with Crippen molar-refractivity contribution < 1.29 is 9.53 Å².